The van der Waals surface area contributed by atoms with Gasteiger partial charge in [0, 0.05) is 11.4 Å². The van der Waals surface area contributed by atoms with E-state index in [9.17, 15) is 18.0 Å². The quantitative estimate of drug-likeness (QED) is 0.853. The summed E-state index contributed by atoms with van der Waals surface area (Å²) in [4.78, 5) is 11.8. The second-order valence-electron chi connectivity index (χ2n) is 4.61. The van der Waals surface area contributed by atoms with E-state index >= 15 is 0 Å². The first kappa shape index (κ1) is 16.7. The molecule has 0 saturated heterocycles. The van der Waals surface area contributed by atoms with Crippen molar-refractivity contribution in [2.24, 2.45) is 0 Å². The van der Waals surface area contributed by atoms with Gasteiger partial charge in [-0.3, -0.25) is 0 Å². The van der Waals surface area contributed by atoms with E-state index < -0.39 is 17.8 Å². The second kappa shape index (κ2) is 7.04. The highest BCUT2D eigenvalue weighted by atomic mass is 19.4. The van der Waals surface area contributed by atoms with Crippen LogP contribution in [-0.2, 0) is 6.18 Å². The largest absolute Gasteiger partial charge is 0.494 e. The zero-order chi connectivity index (χ0) is 16.9. The highest BCUT2D eigenvalue weighted by Crippen LogP contribution is 2.29. The van der Waals surface area contributed by atoms with Gasteiger partial charge in [-0.05, 0) is 55.5 Å². The van der Waals surface area contributed by atoms with E-state index in [0.717, 1.165) is 12.1 Å². The molecule has 2 amide bonds. The van der Waals surface area contributed by atoms with Crippen molar-refractivity contribution in [3.05, 3.63) is 54.1 Å². The monoisotopic (exact) mass is 324 g/mol. The van der Waals surface area contributed by atoms with E-state index in [1.165, 1.54) is 12.1 Å². The molecule has 0 aromatic heterocycles. The van der Waals surface area contributed by atoms with Gasteiger partial charge >= 0.3 is 12.2 Å². The molecule has 4 nitrogen and oxygen atoms in total. The summed E-state index contributed by atoms with van der Waals surface area (Å²) in [6, 6.07) is 10.4. The summed E-state index contributed by atoms with van der Waals surface area (Å²) in [5.74, 6) is 0.682. The number of alkyl halides is 3. The Bertz CT molecular complexity index is 653. The van der Waals surface area contributed by atoms with Gasteiger partial charge in [0.1, 0.15) is 5.75 Å². The molecule has 0 spiro atoms. The van der Waals surface area contributed by atoms with Crippen LogP contribution >= 0.6 is 0 Å². The average Bonchev–Trinajstić information content (AvgIpc) is 2.49. The Balaban J connectivity index is 1.94. The minimum atomic E-state index is -4.40. The minimum absolute atomic E-state index is 0.265. The fraction of sp³-hybridized carbons (Fsp3) is 0.188. The summed E-state index contributed by atoms with van der Waals surface area (Å²) < 4.78 is 42.6. The van der Waals surface area contributed by atoms with E-state index in [0.29, 0.717) is 18.0 Å². The number of carbonyl (C=O) groups excluding carboxylic acids is 1. The molecule has 0 atom stereocenters. The molecule has 2 aromatic carbocycles. The summed E-state index contributed by atoms with van der Waals surface area (Å²) >= 11 is 0. The SMILES string of the molecule is CCOc1ccc(NC(=O)Nc2ccc(C(F)(F)F)cc2)cc1. The summed E-state index contributed by atoms with van der Waals surface area (Å²) in [5.41, 5.74) is 0.0364. The van der Waals surface area contributed by atoms with Crippen molar-refractivity contribution in [2.45, 2.75) is 13.1 Å². The maximum absolute atomic E-state index is 12.4. The lowest BCUT2D eigenvalue weighted by Gasteiger charge is -2.10. The van der Waals surface area contributed by atoms with Crippen molar-refractivity contribution in [3.63, 3.8) is 0 Å². The molecule has 2 rings (SSSR count). The third-order valence-electron chi connectivity index (χ3n) is 2.89. The van der Waals surface area contributed by atoms with Crippen LogP contribution in [-0.4, -0.2) is 12.6 Å². The highest BCUT2D eigenvalue weighted by molar-refractivity contribution is 5.99. The van der Waals surface area contributed by atoms with Gasteiger partial charge in [0.05, 0.1) is 12.2 Å². The van der Waals surface area contributed by atoms with Gasteiger partial charge in [-0.25, -0.2) is 4.79 Å². The summed E-state index contributed by atoms with van der Waals surface area (Å²) in [6.07, 6.45) is -4.40. The molecule has 0 aliphatic heterocycles. The molecule has 23 heavy (non-hydrogen) atoms. The first-order valence-electron chi connectivity index (χ1n) is 6.86. The van der Waals surface area contributed by atoms with Gasteiger partial charge < -0.3 is 15.4 Å². The fourth-order valence-corrected chi connectivity index (χ4v) is 1.84. The van der Waals surface area contributed by atoms with Crippen LogP contribution in [0.4, 0.5) is 29.3 Å². The van der Waals surface area contributed by atoms with Gasteiger partial charge in [0.25, 0.3) is 0 Å². The molecule has 0 aliphatic carbocycles. The zero-order valence-corrected chi connectivity index (χ0v) is 12.3. The van der Waals surface area contributed by atoms with Crippen LogP contribution in [0.3, 0.4) is 0 Å². The third-order valence-corrected chi connectivity index (χ3v) is 2.89. The Morgan fingerprint density at radius 3 is 1.87 bits per heavy atom. The maximum atomic E-state index is 12.4. The Morgan fingerprint density at radius 1 is 0.957 bits per heavy atom. The molecule has 0 heterocycles. The minimum Gasteiger partial charge on any atom is -0.494 e. The van der Waals surface area contributed by atoms with Crippen molar-refractivity contribution in [1.29, 1.82) is 0 Å². The molecule has 0 aliphatic rings. The van der Waals surface area contributed by atoms with E-state index in [2.05, 4.69) is 10.6 Å². The van der Waals surface area contributed by atoms with E-state index in [4.69, 9.17) is 4.74 Å². The molecule has 0 unspecified atom stereocenters. The first-order chi connectivity index (χ1) is 10.9. The third kappa shape index (κ3) is 4.91. The first-order valence-corrected chi connectivity index (χ1v) is 6.86. The molecule has 0 saturated carbocycles. The van der Waals surface area contributed by atoms with Crippen molar-refractivity contribution in [3.8, 4) is 5.75 Å². The van der Waals surface area contributed by atoms with Crippen LogP contribution in [0.15, 0.2) is 48.5 Å². The zero-order valence-electron chi connectivity index (χ0n) is 12.3. The molecule has 7 heteroatoms. The van der Waals surface area contributed by atoms with Crippen molar-refractivity contribution < 1.29 is 22.7 Å². The molecule has 0 bridgehead atoms. The van der Waals surface area contributed by atoms with Crippen LogP contribution in [0.25, 0.3) is 0 Å². The van der Waals surface area contributed by atoms with Gasteiger partial charge in [-0.2, -0.15) is 13.2 Å². The number of anilines is 2. The van der Waals surface area contributed by atoms with E-state index in [1.54, 1.807) is 24.3 Å². The molecule has 0 fully saturated rings. The molecular formula is C16H15F3N2O2. The summed E-state index contributed by atoms with van der Waals surface area (Å²) in [5, 5.41) is 5.04. The normalized spacial score (nSPS) is 11.0. The van der Waals surface area contributed by atoms with Gasteiger partial charge in [0.2, 0.25) is 0 Å². The van der Waals surface area contributed by atoms with Crippen LogP contribution in [0.2, 0.25) is 0 Å². The topological polar surface area (TPSA) is 50.4 Å². The predicted molar refractivity (Wildman–Crippen MR) is 81.7 cm³/mol. The lowest BCUT2D eigenvalue weighted by Crippen LogP contribution is -2.19. The summed E-state index contributed by atoms with van der Waals surface area (Å²) in [6.45, 7) is 2.41. The predicted octanol–water partition coefficient (Wildman–Crippen LogP) is 4.75. The Labute approximate surface area is 131 Å². The number of hydrogen-bond donors (Lipinski definition) is 2. The molecular weight excluding hydrogens is 309 g/mol. The van der Waals surface area contributed by atoms with Crippen LogP contribution in [0, 0.1) is 0 Å². The van der Waals surface area contributed by atoms with Crippen molar-refractivity contribution >= 4 is 17.4 Å². The number of nitrogens with one attached hydrogen (secondary N) is 2. The summed E-state index contributed by atoms with van der Waals surface area (Å²) in [7, 11) is 0. The van der Waals surface area contributed by atoms with Crippen LogP contribution in [0.5, 0.6) is 5.75 Å². The number of halogens is 3. The number of carbonyl (C=O) groups is 1. The van der Waals surface area contributed by atoms with Crippen LogP contribution < -0.4 is 15.4 Å². The maximum Gasteiger partial charge on any atom is 0.416 e. The Hall–Kier alpha value is -2.70. The lowest BCUT2D eigenvalue weighted by atomic mass is 10.2. The van der Waals surface area contributed by atoms with Crippen molar-refractivity contribution in [2.75, 3.05) is 17.2 Å². The number of hydrogen-bond acceptors (Lipinski definition) is 2. The average molecular weight is 324 g/mol. The second-order valence-corrected chi connectivity index (χ2v) is 4.61. The van der Waals surface area contributed by atoms with Crippen molar-refractivity contribution in [1.82, 2.24) is 0 Å². The number of benzene rings is 2. The van der Waals surface area contributed by atoms with Crippen LogP contribution in [0.1, 0.15) is 12.5 Å². The standard InChI is InChI=1S/C16H15F3N2O2/c1-2-23-14-9-7-13(8-10-14)21-15(22)20-12-5-3-11(4-6-12)16(17,18)19/h3-10H,2H2,1H3,(H2,20,21,22). The van der Waals surface area contributed by atoms with Gasteiger partial charge in [0.15, 0.2) is 0 Å². The van der Waals surface area contributed by atoms with Gasteiger partial charge in [-0.1, -0.05) is 0 Å². The number of urea groups is 1. The fourth-order valence-electron chi connectivity index (χ4n) is 1.84. The molecule has 122 valence electrons. The number of amides is 2. The smallest absolute Gasteiger partial charge is 0.416 e. The Morgan fingerprint density at radius 2 is 1.43 bits per heavy atom. The highest BCUT2D eigenvalue weighted by Gasteiger charge is 2.29. The number of ether oxygens (including phenoxy) is 1. The van der Waals surface area contributed by atoms with Gasteiger partial charge in [-0.15, -0.1) is 0 Å². The van der Waals surface area contributed by atoms with E-state index in [-0.39, 0.29) is 5.69 Å². The van der Waals surface area contributed by atoms with E-state index in [1.807, 2.05) is 6.92 Å². The lowest BCUT2D eigenvalue weighted by molar-refractivity contribution is -0.137. The Kier molecular flexibility index (Phi) is 5.10. The molecule has 2 N–H and O–H groups in total. The number of rotatable bonds is 4. The molecule has 2 aromatic rings. The molecule has 0 radical (unpaired) electrons.